The lowest BCUT2D eigenvalue weighted by molar-refractivity contribution is 0.0685. The number of carboxylic acid groups (broad SMARTS) is 1. The van der Waals surface area contributed by atoms with E-state index in [1.807, 2.05) is 0 Å². The number of likely N-dealkylation sites (tertiary alicyclic amines) is 1. The summed E-state index contributed by atoms with van der Waals surface area (Å²) >= 11 is 0. The van der Waals surface area contributed by atoms with Gasteiger partial charge in [0.25, 0.3) is 0 Å². The van der Waals surface area contributed by atoms with E-state index in [4.69, 9.17) is 15.2 Å². The first-order chi connectivity index (χ1) is 8.69. The van der Waals surface area contributed by atoms with Crippen molar-refractivity contribution in [3.05, 3.63) is 28.0 Å². The first-order valence-corrected chi connectivity index (χ1v) is 5.64. The van der Waals surface area contributed by atoms with Gasteiger partial charge in [-0.1, -0.05) is 10.3 Å². The fourth-order valence-electron chi connectivity index (χ4n) is 1.97. The number of aromatic carboxylic acids is 1. The predicted octanol–water partition coefficient (Wildman–Crippen LogP) is 1.65. The van der Waals surface area contributed by atoms with E-state index in [-0.39, 0.29) is 11.7 Å². The first-order valence-electron chi connectivity index (χ1n) is 5.64. The Hall–Kier alpha value is -2.05. The lowest BCUT2D eigenvalue weighted by Gasteiger charge is -2.28. The lowest BCUT2D eigenvalue weighted by Crippen LogP contribution is -2.34. The average Bonchev–Trinajstić information content (AvgIpc) is 2.81. The van der Waals surface area contributed by atoms with Gasteiger partial charge >= 0.3 is 5.97 Å². The third-order valence-electron chi connectivity index (χ3n) is 2.93. The van der Waals surface area contributed by atoms with Crippen LogP contribution in [0.1, 0.15) is 29.1 Å². The SMILES string of the molecule is [N-]=[N+]=NC1CCN(Cc2cc(C(=O)O)no2)CC1. The van der Waals surface area contributed by atoms with Crippen molar-refractivity contribution in [2.75, 3.05) is 13.1 Å². The predicted molar refractivity (Wildman–Crippen MR) is 60.9 cm³/mol. The highest BCUT2D eigenvalue weighted by molar-refractivity contribution is 5.85. The van der Waals surface area contributed by atoms with Crippen molar-refractivity contribution in [2.45, 2.75) is 25.4 Å². The Morgan fingerprint density at radius 2 is 2.39 bits per heavy atom. The highest BCUT2D eigenvalue weighted by atomic mass is 16.5. The van der Waals surface area contributed by atoms with E-state index in [2.05, 4.69) is 20.1 Å². The summed E-state index contributed by atoms with van der Waals surface area (Å²) in [5.74, 6) is -0.554. The second kappa shape index (κ2) is 5.52. The van der Waals surface area contributed by atoms with E-state index in [0.717, 1.165) is 25.9 Å². The number of azide groups is 1. The Labute approximate surface area is 103 Å². The molecular formula is C10H13N5O3. The summed E-state index contributed by atoms with van der Waals surface area (Å²) in [6, 6.07) is 1.50. The van der Waals surface area contributed by atoms with Gasteiger partial charge in [-0.15, -0.1) is 0 Å². The van der Waals surface area contributed by atoms with E-state index >= 15 is 0 Å². The minimum atomic E-state index is -1.09. The summed E-state index contributed by atoms with van der Waals surface area (Å²) in [6.45, 7) is 2.13. The molecule has 0 aromatic carbocycles. The number of piperidine rings is 1. The molecule has 8 heteroatoms. The van der Waals surface area contributed by atoms with E-state index in [1.54, 1.807) is 0 Å². The van der Waals surface area contributed by atoms with Gasteiger partial charge in [0.15, 0.2) is 11.5 Å². The van der Waals surface area contributed by atoms with Crippen LogP contribution in [0.2, 0.25) is 0 Å². The van der Waals surface area contributed by atoms with Crippen molar-refractivity contribution in [1.82, 2.24) is 10.1 Å². The van der Waals surface area contributed by atoms with Gasteiger partial charge in [-0.2, -0.15) is 0 Å². The van der Waals surface area contributed by atoms with Crippen LogP contribution < -0.4 is 0 Å². The number of carboxylic acids is 1. The van der Waals surface area contributed by atoms with Crippen molar-refractivity contribution in [2.24, 2.45) is 5.11 Å². The summed E-state index contributed by atoms with van der Waals surface area (Å²) < 4.78 is 4.95. The molecule has 1 fully saturated rings. The zero-order valence-corrected chi connectivity index (χ0v) is 9.69. The number of rotatable bonds is 4. The molecule has 0 unspecified atom stereocenters. The molecule has 0 spiro atoms. The maximum absolute atomic E-state index is 10.6. The maximum atomic E-state index is 10.6. The molecule has 1 N–H and O–H groups in total. The van der Waals surface area contributed by atoms with Crippen molar-refractivity contribution < 1.29 is 14.4 Å². The largest absolute Gasteiger partial charge is 0.476 e. The van der Waals surface area contributed by atoms with Crippen molar-refractivity contribution >= 4 is 5.97 Å². The van der Waals surface area contributed by atoms with Crippen LogP contribution >= 0.6 is 0 Å². The summed E-state index contributed by atoms with van der Waals surface area (Å²) in [5.41, 5.74) is 8.27. The molecule has 18 heavy (non-hydrogen) atoms. The summed E-state index contributed by atoms with van der Waals surface area (Å²) in [6.07, 6.45) is 1.62. The maximum Gasteiger partial charge on any atom is 0.358 e. The molecule has 0 amide bonds. The van der Waals surface area contributed by atoms with Crippen LogP contribution in [0.15, 0.2) is 15.7 Å². The zero-order chi connectivity index (χ0) is 13.0. The molecule has 8 nitrogen and oxygen atoms in total. The Balaban J connectivity index is 1.87. The summed E-state index contributed by atoms with van der Waals surface area (Å²) in [4.78, 5) is 15.6. The molecule has 96 valence electrons. The molecule has 1 aliphatic rings. The molecule has 0 radical (unpaired) electrons. The molecule has 0 saturated carbocycles. The van der Waals surface area contributed by atoms with Gasteiger partial charge in [-0.25, -0.2) is 4.79 Å². The second-order valence-electron chi connectivity index (χ2n) is 4.20. The first kappa shape index (κ1) is 12.4. The zero-order valence-electron chi connectivity index (χ0n) is 9.69. The van der Waals surface area contributed by atoms with Crippen LogP contribution in [0.25, 0.3) is 10.4 Å². The monoisotopic (exact) mass is 251 g/mol. The van der Waals surface area contributed by atoms with E-state index in [0.29, 0.717) is 12.3 Å². The van der Waals surface area contributed by atoms with Crippen LogP contribution in [0.3, 0.4) is 0 Å². The van der Waals surface area contributed by atoms with Gasteiger partial charge in [-0.3, -0.25) is 4.90 Å². The van der Waals surface area contributed by atoms with E-state index in [1.165, 1.54) is 6.07 Å². The van der Waals surface area contributed by atoms with Gasteiger partial charge < -0.3 is 9.63 Å². The van der Waals surface area contributed by atoms with Gasteiger partial charge in [0.05, 0.1) is 6.54 Å². The van der Waals surface area contributed by atoms with E-state index in [9.17, 15) is 4.79 Å². The molecule has 0 aliphatic carbocycles. The Morgan fingerprint density at radius 1 is 1.67 bits per heavy atom. The standard InChI is InChI=1S/C10H13N5O3/c11-14-12-7-1-3-15(4-2-7)6-8-5-9(10(16)17)13-18-8/h5,7H,1-4,6H2,(H,16,17). The molecule has 1 aromatic rings. The molecule has 2 rings (SSSR count). The number of hydrogen-bond acceptors (Lipinski definition) is 5. The molecular weight excluding hydrogens is 238 g/mol. The fourth-order valence-corrected chi connectivity index (χ4v) is 1.97. The Bertz CT molecular complexity index is 472. The number of nitrogens with zero attached hydrogens (tertiary/aromatic N) is 5. The highest BCUT2D eigenvalue weighted by Crippen LogP contribution is 2.16. The highest BCUT2D eigenvalue weighted by Gasteiger charge is 2.20. The molecule has 1 aliphatic heterocycles. The van der Waals surface area contributed by atoms with Crippen LogP contribution in [-0.2, 0) is 6.54 Å². The van der Waals surface area contributed by atoms with Gasteiger partial charge in [0.1, 0.15) is 0 Å². The van der Waals surface area contributed by atoms with Crippen LogP contribution in [0.5, 0.6) is 0 Å². The van der Waals surface area contributed by atoms with Gasteiger partial charge in [0, 0.05) is 17.0 Å². The quantitative estimate of drug-likeness (QED) is 0.496. The minimum Gasteiger partial charge on any atom is -0.476 e. The third-order valence-corrected chi connectivity index (χ3v) is 2.93. The molecule has 2 heterocycles. The topological polar surface area (TPSA) is 115 Å². The van der Waals surface area contributed by atoms with Gasteiger partial charge in [0.2, 0.25) is 0 Å². The summed E-state index contributed by atoms with van der Waals surface area (Å²) in [7, 11) is 0. The van der Waals surface area contributed by atoms with Crippen molar-refractivity contribution in [1.29, 1.82) is 0 Å². The molecule has 1 saturated heterocycles. The smallest absolute Gasteiger partial charge is 0.358 e. The molecule has 0 bridgehead atoms. The number of carbonyl (C=O) groups is 1. The average molecular weight is 251 g/mol. The van der Waals surface area contributed by atoms with Gasteiger partial charge in [-0.05, 0) is 31.5 Å². The normalized spacial score (nSPS) is 17.3. The van der Waals surface area contributed by atoms with Crippen LogP contribution in [-0.4, -0.2) is 40.3 Å². The molecule has 0 atom stereocenters. The van der Waals surface area contributed by atoms with E-state index < -0.39 is 5.97 Å². The van der Waals surface area contributed by atoms with Crippen LogP contribution in [0, 0.1) is 0 Å². The second-order valence-corrected chi connectivity index (χ2v) is 4.20. The Kier molecular flexibility index (Phi) is 3.81. The van der Waals surface area contributed by atoms with Crippen LogP contribution in [0.4, 0.5) is 0 Å². The van der Waals surface area contributed by atoms with Crippen molar-refractivity contribution in [3.8, 4) is 0 Å². The number of hydrogen-bond donors (Lipinski definition) is 1. The Morgan fingerprint density at radius 3 is 2.94 bits per heavy atom. The number of aromatic nitrogens is 1. The summed E-state index contributed by atoms with van der Waals surface area (Å²) in [5, 5.41) is 15.9. The molecule has 1 aromatic heterocycles. The third kappa shape index (κ3) is 2.99. The minimum absolute atomic E-state index is 0.0653. The fraction of sp³-hybridized carbons (Fsp3) is 0.600. The van der Waals surface area contributed by atoms with Crippen molar-refractivity contribution in [3.63, 3.8) is 0 Å². The lowest BCUT2D eigenvalue weighted by atomic mass is 10.1.